The second-order valence-corrected chi connectivity index (χ2v) is 18.9. The summed E-state index contributed by atoms with van der Waals surface area (Å²) < 4.78 is 0. The van der Waals surface area contributed by atoms with Crippen molar-refractivity contribution in [3.63, 3.8) is 0 Å². The van der Waals surface area contributed by atoms with Gasteiger partial charge in [0, 0.05) is 22.8 Å². The van der Waals surface area contributed by atoms with Crippen LogP contribution in [0.1, 0.15) is 77.1 Å². The van der Waals surface area contributed by atoms with Gasteiger partial charge in [0.2, 0.25) is 0 Å². The Morgan fingerprint density at radius 2 is 1.12 bits per heavy atom. The molecule has 318 valence electrons. The van der Waals surface area contributed by atoms with Gasteiger partial charge in [-0.1, -0.05) is 215 Å². The Kier molecular flexibility index (Phi) is 9.50. The van der Waals surface area contributed by atoms with E-state index >= 15 is 0 Å². The summed E-state index contributed by atoms with van der Waals surface area (Å²) in [6.07, 6.45) is 4.90. The first-order chi connectivity index (χ1) is 32.3. The molecule has 3 unspecified atom stereocenters. The van der Waals surface area contributed by atoms with E-state index in [4.69, 9.17) is 10.7 Å². The number of rotatable bonds is 6. The van der Waals surface area contributed by atoms with Gasteiger partial charge in [-0.3, -0.25) is 0 Å². The predicted molar refractivity (Wildman–Crippen MR) is 278 cm³/mol. The minimum Gasteiger partial charge on any atom is -0.383 e. The van der Waals surface area contributed by atoms with Crippen LogP contribution in [-0.4, -0.2) is 12.0 Å². The fraction of sp³-hybridized carbons (Fsp3) is 0.127. The summed E-state index contributed by atoms with van der Waals surface area (Å²) in [6.45, 7) is 7.35. The third-order valence-corrected chi connectivity index (χ3v) is 14.9. The topological polar surface area (TPSA) is 50.4 Å². The molecular formula is C63H51N3. The minimum atomic E-state index is -0.349. The Labute approximate surface area is 387 Å². The average Bonchev–Trinajstić information content (AvgIpc) is 3.54. The maximum atomic E-state index is 6.97. The van der Waals surface area contributed by atoms with E-state index in [1.54, 1.807) is 0 Å². The van der Waals surface area contributed by atoms with Crippen molar-refractivity contribution in [2.24, 2.45) is 10.7 Å². The molecule has 0 bridgehead atoms. The number of nitrogens with two attached hydrogens (primary N) is 1. The number of nitrogens with zero attached hydrogens (tertiary/aromatic N) is 1. The van der Waals surface area contributed by atoms with Crippen molar-refractivity contribution in [1.29, 1.82) is 0 Å². The summed E-state index contributed by atoms with van der Waals surface area (Å²) >= 11 is 0. The zero-order chi connectivity index (χ0) is 44.5. The number of amidine groups is 1. The van der Waals surface area contributed by atoms with Crippen molar-refractivity contribution in [1.82, 2.24) is 5.32 Å². The monoisotopic (exact) mass is 849 g/mol. The lowest BCUT2D eigenvalue weighted by Crippen LogP contribution is -2.30. The average molecular weight is 850 g/mol. The van der Waals surface area contributed by atoms with Crippen molar-refractivity contribution in [2.75, 3.05) is 0 Å². The molecule has 0 amide bonds. The number of aliphatic imine (C=N–C) groups is 1. The van der Waals surface area contributed by atoms with Crippen LogP contribution in [0.25, 0.3) is 66.1 Å². The maximum Gasteiger partial charge on any atom is 0.147 e. The van der Waals surface area contributed by atoms with Crippen molar-refractivity contribution in [3.05, 3.63) is 251 Å². The third kappa shape index (κ3) is 6.44. The first-order valence-electron chi connectivity index (χ1n) is 23.4. The molecule has 1 heterocycles. The lowest BCUT2D eigenvalue weighted by atomic mass is 9.74. The maximum absolute atomic E-state index is 6.97. The van der Waals surface area contributed by atoms with Gasteiger partial charge in [0.05, 0.1) is 0 Å². The van der Waals surface area contributed by atoms with Gasteiger partial charge in [-0.05, 0) is 124 Å². The van der Waals surface area contributed by atoms with E-state index in [1.807, 2.05) is 0 Å². The van der Waals surface area contributed by atoms with E-state index in [2.05, 4.69) is 232 Å². The molecule has 1 aliphatic heterocycles. The van der Waals surface area contributed by atoms with Crippen LogP contribution in [0, 0.1) is 0 Å². The highest BCUT2D eigenvalue weighted by atomic mass is 15.1. The van der Waals surface area contributed by atoms with Gasteiger partial charge in [-0.25, -0.2) is 4.99 Å². The van der Waals surface area contributed by atoms with E-state index in [9.17, 15) is 0 Å². The van der Waals surface area contributed by atoms with Crippen LogP contribution in [-0.2, 0) is 11.8 Å². The Morgan fingerprint density at radius 1 is 0.545 bits per heavy atom. The van der Waals surface area contributed by atoms with E-state index in [1.165, 1.54) is 82.7 Å². The largest absolute Gasteiger partial charge is 0.383 e. The molecule has 3 N–H and O–H groups in total. The second kappa shape index (κ2) is 15.7. The highest BCUT2D eigenvalue weighted by Crippen LogP contribution is 2.58. The van der Waals surface area contributed by atoms with Gasteiger partial charge in [-0.2, -0.15) is 0 Å². The Bertz CT molecular complexity index is 3450. The zero-order valence-corrected chi connectivity index (χ0v) is 37.6. The SMILES string of the molecule is CC1c2ccccc2-c2ccc3c(c2CC1c1ccc(/C(N)=N/C2NC=C(c4ccc(-c5ccccc5)cc4)C=C2c2ccccc2)cc1)C(C)(C)c1c-3c2ccccc2c2ccccc12. The summed E-state index contributed by atoms with van der Waals surface area (Å²) in [5, 5.41) is 8.96. The molecule has 3 nitrogen and oxygen atoms in total. The Morgan fingerprint density at radius 3 is 1.85 bits per heavy atom. The van der Waals surface area contributed by atoms with Gasteiger partial charge in [0.1, 0.15) is 12.0 Å². The third-order valence-electron chi connectivity index (χ3n) is 14.9. The fourth-order valence-corrected chi connectivity index (χ4v) is 11.7. The molecule has 0 saturated carbocycles. The smallest absolute Gasteiger partial charge is 0.147 e. The van der Waals surface area contributed by atoms with Crippen LogP contribution >= 0.6 is 0 Å². The number of benzene rings is 9. The van der Waals surface area contributed by atoms with Crippen molar-refractivity contribution < 1.29 is 0 Å². The van der Waals surface area contributed by atoms with Gasteiger partial charge in [0.25, 0.3) is 0 Å². The highest BCUT2D eigenvalue weighted by molar-refractivity contribution is 6.18. The summed E-state index contributed by atoms with van der Waals surface area (Å²) in [7, 11) is 0. The van der Waals surface area contributed by atoms with E-state index in [-0.39, 0.29) is 23.4 Å². The van der Waals surface area contributed by atoms with E-state index in [0.717, 1.165) is 34.3 Å². The number of hydrogen-bond acceptors (Lipinski definition) is 2. The Hall–Kier alpha value is -7.75. The molecular weight excluding hydrogens is 799 g/mol. The van der Waals surface area contributed by atoms with Crippen molar-refractivity contribution in [3.8, 4) is 33.4 Å². The second-order valence-electron chi connectivity index (χ2n) is 18.9. The molecule has 9 aromatic rings. The molecule has 0 saturated heterocycles. The molecule has 66 heavy (non-hydrogen) atoms. The van der Waals surface area contributed by atoms with Crippen LogP contribution in [0.5, 0.6) is 0 Å². The number of hydrogen-bond donors (Lipinski definition) is 2. The number of allylic oxidation sites excluding steroid dienone is 2. The van der Waals surface area contributed by atoms with Crippen LogP contribution in [0.4, 0.5) is 0 Å². The lowest BCUT2D eigenvalue weighted by Gasteiger charge is -2.29. The van der Waals surface area contributed by atoms with Crippen molar-refractivity contribution in [2.45, 2.75) is 50.6 Å². The normalized spacial score (nSPS) is 18.3. The van der Waals surface area contributed by atoms with Gasteiger partial charge >= 0.3 is 0 Å². The molecule has 0 fully saturated rings. The predicted octanol–water partition coefficient (Wildman–Crippen LogP) is 14.8. The van der Waals surface area contributed by atoms with Crippen molar-refractivity contribution >= 4 is 38.5 Å². The minimum absolute atomic E-state index is 0.204. The molecule has 12 rings (SSSR count). The summed E-state index contributed by atoms with van der Waals surface area (Å²) in [4.78, 5) is 5.17. The molecule has 0 spiro atoms. The standard InChI is InChI=1S/C63H51N3/c1-39-47-20-10-11-21-48(47)51-34-35-54-58-52-24-14-12-22-49(52)50-23-13-15-25-53(50)60(58)63(2,3)59(54)57(51)37-55(39)44-30-32-45(33-31-44)61(64)66-62-56(43-18-8-5-9-19-43)36-46(38-65-62)42-28-26-41(27-29-42)40-16-6-4-7-17-40/h4-36,38-39,55,62,65H,37H2,1-3H3,(H2,64,66). The summed E-state index contributed by atoms with van der Waals surface area (Å²) in [5.74, 6) is 1.04. The van der Waals surface area contributed by atoms with Crippen LogP contribution < -0.4 is 11.1 Å². The fourth-order valence-electron chi connectivity index (χ4n) is 11.7. The molecule has 3 heteroatoms. The lowest BCUT2D eigenvalue weighted by molar-refractivity contribution is 0.569. The molecule has 0 aromatic heterocycles. The van der Waals surface area contributed by atoms with E-state index in [0.29, 0.717) is 5.84 Å². The number of nitrogens with one attached hydrogen (secondary N) is 1. The van der Waals surface area contributed by atoms with Gasteiger partial charge < -0.3 is 11.1 Å². The quantitative estimate of drug-likeness (QED) is 0.0995. The molecule has 2 aliphatic carbocycles. The Balaban J connectivity index is 0.894. The van der Waals surface area contributed by atoms with Crippen LogP contribution in [0.2, 0.25) is 0 Å². The molecule has 0 radical (unpaired) electrons. The van der Waals surface area contributed by atoms with Crippen LogP contribution in [0.15, 0.2) is 211 Å². The van der Waals surface area contributed by atoms with Gasteiger partial charge in [0.15, 0.2) is 0 Å². The number of dihydropyridines is 1. The molecule has 3 aliphatic rings. The first-order valence-corrected chi connectivity index (χ1v) is 23.4. The number of fused-ring (bicyclic) bond motifs is 12. The summed E-state index contributed by atoms with van der Waals surface area (Å²) in [5.41, 5.74) is 27.1. The van der Waals surface area contributed by atoms with Gasteiger partial charge in [-0.15, -0.1) is 0 Å². The highest BCUT2D eigenvalue weighted by Gasteiger charge is 2.42. The molecule has 3 atom stereocenters. The first kappa shape index (κ1) is 39.8. The van der Waals surface area contributed by atoms with Crippen LogP contribution in [0.3, 0.4) is 0 Å². The summed E-state index contributed by atoms with van der Waals surface area (Å²) in [6, 6.07) is 70.7. The van der Waals surface area contributed by atoms with E-state index < -0.39 is 0 Å². The molecule has 9 aromatic carbocycles. The zero-order valence-electron chi connectivity index (χ0n) is 37.6.